The largest absolute Gasteiger partial charge is 0.379 e. The second-order valence-electron chi connectivity index (χ2n) is 14.4. The van der Waals surface area contributed by atoms with Gasteiger partial charge in [0.25, 0.3) is 5.91 Å². The quantitative estimate of drug-likeness (QED) is 0.180. The zero-order valence-corrected chi connectivity index (χ0v) is 32.0. The summed E-state index contributed by atoms with van der Waals surface area (Å²) in [6.45, 7) is 9.73. The van der Waals surface area contributed by atoms with E-state index in [0.29, 0.717) is 23.6 Å². The van der Waals surface area contributed by atoms with Crippen LogP contribution in [0.25, 0.3) is 5.00 Å². The first-order valence-corrected chi connectivity index (χ1v) is 19.5. The van der Waals surface area contributed by atoms with Crippen LogP contribution in [-0.2, 0) is 22.7 Å². The average Bonchev–Trinajstić information content (AvgIpc) is 3.91. The zero-order valence-electron chi connectivity index (χ0n) is 30.5. The van der Waals surface area contributed by atoms with Gasteiger partial charge in [-0.05, 0) is 57.0 Å². The Labute approximate surface area is 326 Å². The van der Waals surface area contributed by atoms with E-state index in [1.165, 1.54) is 0 Å². The summed E-state index contributed by atoms with van der Waals surface area (Å²) in [5.74, 6) is 7.51. The molecule has 0 saturated carbocycles. The van der Waals surface area contributed by atoms with Gasteiger partial charge in [-0.25, -0.2) is 0 Å². The smallest absolute Gasteiger partial charge is 0.255 e. The molecule has 2 atom stereocenters. The molecule has 1 unspecified atom stereocenters. The number of imide groups is 1. The van der Waals surface area contributed by atoms with E-state index in [-0.39, 0.29) is 30.3 Å². The van der Waals surface area contributed by atoms with Crippen molar-refractivity contribution in [1.82, 2.24) is 39.7 Å². The Morgan fingerprint density at radius 1 is 1.04 bits per heavy atom. The Kier molecular flexibility index (Phi) is 8.87. The van der Waals surface area contributed by atoms with E-state index in [9.17, 15) is 14.4 Å². The number of nitrogens with one attached hydrogen (secondary N) is 2. The minimum Gasteiger partial charge on any atom is -0.379 e. The number of anilines is 1. The molecular formula is C40H37ClN10O3S. The standard InChI is InChI=1S/C40H37ClN10O3S/c1-22-33(55-40-35(22)36(26-8-10-27(41)11-9-26)43-23(2)37-47-46-24(3)51(37)40)13-7-25-17-42-49(18-25)16-15-48-19-28(20-48)44-31-6-4-5-29-30(31)21-50(39(29)54)32-12-14-34(52)45-38(32)53/h4-6,8-11,17-18,23,28,32,44H,12,14-16,19-21H2,1-3H3,(H,45,52,53)/t23-,32?/m0/s1. The van der Waals surface area contributed by atoms with Gasteiger partial charge in [0.05, 0.1) is 34.9 Å². The van der Waals surface area contributed by atoms with Gasteiger partial charge in [-0.2, -0.15) is 5.10 Å². The third-order valence-electron chi connectivity index (χ3n) is 10.7. The van der Waals surface area contributed by atoms with Gasteiger partial charge < -0.3 is 10.2 Å². The molecule has 0 radical (unpaired) electrons. The van der Waals surface area contributed by atoms with Crippen molar-refractivity contribution in [2.75, 3.05) is 25.0 Å². The van der Waals surface area contributed by atoms with Gasteiger partial charge in [0.15, 0.2) is 5.82 Å². The lowest BCUT2D eigenvalue weighted by Crippen LogP contribution is -2.55. The number of hydrogen-bond donors (Lipinski definition) is 2. The molecule has 55 heavy (non-hydrogen) atoms. The van der Waals surface area contributed by atoms with Gasteiger partial charge in [0.1, 0.15) is 22.9 Å². The van der Waals surface area contributed by atoms with Crippen LogP contribution in [0.15, 0.2) is 59.9 Å². The lowest BCUT2D eigenvalue weighted by Gasteiger charge is -2.40. The lowest BCUT2D eigenvalue weighted by molar-refractivity contribution is -0.136. The van der Waals surface area contributed by atoms with Crippen molar-refractivity contribution in [2.45, 2.75) is 64.8 Å². The first-order chi connectivity index (χ1) is 26.6. The molecule has 2 N–H and O–H groups in total. The third-order valence-corrected chi connectivity index (χ3v) is 12.2. The maximum atomic E-state index is 13.2. The van der Waals surface area contributed by atoms with Crippen LogP contribution in [0.1, 0.15) is 80.5 Å². The van der Waals surface area contributed by atoms with Gasteiger partial charge in [-0.3, -0.25) is 38.8 Å². The summed E-state index contributed by atoms with van der Waals surface area (Å²) in [5.41, 5.74) is 7.23. The van der Waals surface area contributed by atoms with Crippen molar-refractivity contribution in [1.29, 1.82) is 0 Å². The molecule has 0 aliphatic carbocycles. The summed E-state index contributed by atoms with van der Waals surface area (Å²) in [4.78, 5) is 47.4. The molecule has 4 aliphatic heterocycles. The fourth-order valence-corrected chi connectivity index (χ4v) is 9.15. The molecule has 278 valence electrons. The van der Waals surface area contributed by atoms with Crippen molar-refractivity contribution in [2.24, 2.45) is 4.99 Å². The van der Waals surface area contributed by atoms with E-state index >= 15 is 0 Å². The van der Waals surface area contributed by atoms with Crippen molar-refractivity contribution in [3.8, 4) is 16.8 Å². The number of halogens is 1. The summed E-state index contributed by atoms with van der Waals surface area (Å²) in [6, 6.07) is 12.9. The predicted octanol–water partition coefficient (Wildman–Crippen LogP) is 4.66. The lowest BCUT2D eigenvalue weighted by atomic mass is 9.99. The number of aliphatic imine (C=N–C) groups is 1. The zero-order chi connectivity index (χ0) is 38.0. The highest BCUT2D eigenvalue weighted by atomic mass is 35.5. The van der Waals surface area contributed by atoms with Gasteiger partial charge in [-0.1, -0.05) is 41.6 Å². The normalized spacial score (nSPS) is 19.5. The number of aryl methyl sites for hydroxylation is 1. The summed E-state index contributed by atoms with van der Waals surface area (Å²) in [5, 5.41) is 21.1. The maximum absolute atomic E-state index is 13.2. The van der Waals surface area contributed by atoms with Crippen LogP contribution in [-0.4, -0.2) is 89.5 Å². The van der Waals surface area contributed by atoms with E-state index in [1.54, 1.807) is 22.4 Å². The topological polar surface area (TPSA) is 143 Å². The van der Waals surface area contributed by atoms with Crippen molar-refractivity contribution < 1.29 is 14.4 Å². The van der Waals surface area contributed by atoms with Crippen LogP contribution in [0.2, 0.25) is 5.02 Å². The predicted molar refractivity (Wildman–Crippen MR) is 209 cm³/mol. The summed E-state index contributed by atoms with van der Waals surface area (Å²) >= 11 is 7.86. The average molecular weight is 773 g/mol. The van der Waals surface area contributed by atoms with Crippen LogP contribution in [0, 0.1) is 25.7 Å². The Bertz CT molecular complexity index is 2480. The van der Waals surface area contributed by atoms with E-state index < -0.39 is 11.9 Å². The number of rotatable bonds is 7. The minimum atomic E-state index is -0.630. The molecule has 2 aromatic carbocycles. The van der Waals surface area contributed by atoms with Crippen LogP contribution in [0.4, 0.5) is 5.69 Å². The number of fused-ring (bicyclic) bond motifs is 4. The Balaban J connectivity index is 0.841. The number of likely N-dealkylation sites (tertiary alicyclic amines) is 1. The highest BCUT2D eigenvalue weighted by molar-refractivity contribution is 7.15. The number of carbonyl (C=O) groups excluding carboxylic acids is 3. The number of piperidine rings is 1. The van der Waals surface area contributed by atoms with E-state index in [1.807, 2.05) is 67.2 Å². The number of thiophene rings is 1. The fourth-order valence-electron chi connectivity index (χ4n) is 7.80. The molecule has 0 spiro atoms. The van der Waals surface area contributed by atoms with Gasteiger partial charge in [-0.15, -0.1) is 21.5 Å². The highest BCUT2D eigenvalue weighted by Crippen LogP contribution is 2.39. The van der Waals surface area contributed by atoms with Crippen LogP contribution < -0.4 is 10.6 Å². The number of carbonyl (C=O) groups is 3. The Morgan fingerprint density at radius 2 is 1.85 bits per heavy atom. The van der Waals surface area contributed by atoms with Crippen molar-refractivity contribution in [3.63, 3.8) is 0 Å². The third kappa shape index (κ3) is 6.41. The number of benzene rings is 2. The highest BCUT2D eigenvalue weighted by Gasteiger charge is 2.40. The molecule has 2 fully saturated rings. The first-order valence-electron chi connectivity index (χ1n) is 18.3. The second kappa shape index (κ2) is 13.9. The van der Waals surface area contributed by atoms with E-state index in [2.05, 4.69) is 54.2 Å². The molecule has 2 saturated heterocycles. The molecular weight excluding hydrogens is 736 g/mol. The van der Waals surface area contributed by atoms with E-state index in [0.717, 1.165) is 86.9 Å². The summed E-state index contributed by atoms with van der Waals surface area (Å²) in [6.07, 6.45) is 4.37. The fraction of sp³-hybridized carbons (Fsp3) is 0.325. The van der Waals surface area contributed by atoms with Crippen LogP contribution in [0.3, 0.4) is 0 Å². The second-order valence-corrected chi connectivity index (χ2v) is 15.8. The molecule has 5 aromatic rings. The molecule has 3 amide bonds. The van der Waals surface area contributed by atoms with Crippen LogP contribution >= 0.6 is 22.9 Å². The van der Waals surface area contributed by atoms with Gasteiger partial charge >= 0.3 is 0 Å². The molecule has 3 aromatic heterocycles. The number of amides is 3. The summed E-state index contributed by atoms with van der Waals surface area (Å²) < 4.78 is 4.04. The Hall–Kier alpha value is -5.62. The maximum Gasteiger partial charge on any atom is 0.255 e. The molecule has 4 aliphatic rings. The molecule has 15 heteroatoms. The monoisotopic (exact) mass is 772 g/mol. The number of hydrogen-bond acceptors (Lipinski definition) is 10. The van der Waals surface area contributed by atoms with Crippen molar-refractivity contribution in [3.05, 3.63) is 110 Å². The SMILES string of the molecule is Cc1c(C#Cc2cnn(CCN3CC(Nc4cccc5c4CN(C4CCC(=O)NC4=O)C5=O)C3)c2)sc2c1C(c1ccc(Cl)cc1)=N[C@@H](C)c1nnc(C)n1-2. The molecule has 13 nitrogen and oxygen atoms in total. The number of aromatic nitrogens is 5. The minimum absolute atomic E-state index is 0.167. The van der Waals surface area contributed by atoms with Gasteiger partial charge in [0.2, 0.25) is 11.8 Å². The van der Waals surface area contributed by atoms with E-state index in [4.69, 9.17) is 16.6 Å². The first kappa shape index (κ1) is 35.1. The van der Waals surface area contributed by atoms with Crippen LogP contribution in [0.5, 0.6) is 0 Å². The molecule has 7 heterocycles. The van der Waals surface area contributed by atoms with Gasteiger partial charge in [0, 0.05) is 71.8 Å². The molecule has 0 bridgehead atoms. The summed E-state index contributed by atoms with van der Waals surface area (Å²) in [7, 11) is 0. The Morgan fingerprint density at radius 3 is 2.65 bits per heavy atom. The molecule has 9 rings (SSSR count). The number of nitrogens with zero attached hydrogens (tertiary/aromatic N) is 8. The van der Waals surface area contributed by atoms with Crippen molar-refractivity contribution >= 4 is 52.1 Å².